The van der Waals surface area contributed by atoms with Crippen LogP contribution in [0.3, 0.4) is 0 Å². The largest absolute Gasteiger partial charge is 0.376 e. The maximum absolute atomic E-state index is 14.4. The van der Waals surface area contributed by atoms with Crippen LogP contribution in [-0.2, 0) is 27.6 Å². The molecule has 1 saturated carbocycles. The van der Waals surface area contributed by atoms with Crippen molar-refractivity contribution in [3.63, 3.8) is 0 Å². The van der Waals surface area contributed by atoms with Gasteiger partial charge in [0.15, 0.2) is 5.82 Å². The number of pyridine rings is 1. The highest BCUT2D eigenvalue weighted by atomic mass is 35.5. The fraction of sp³-hybridized carbons (Fsp3) is 0.615. The summed E-state index contributed by atoms with van der Waals surface area (Å²) in [5, 5.41) is 6.85. The zero-order valence-corrected chi connectivity index (χ0v) is 22.0. The van der Waals surface area contributed by atoms with Gasteiger partial charge < -0.3 is 14.4 Å². The molecule has 0 amide bonds. The number of anilines is 1. The third-order valence-electron chi connectivity index (χ3n) is 7.86. The molecule has 10 heteroatoms. The van der Waals surface area contributed by atoms with Crippen LogP contribution in [0.15, 0.2) is 29.5 Å². The van der Waals surface area contributed by atoms with Crippen LogP contribution >= 0.6 is 22.9 Å². The Balaban J connectivity index is 1.08. The Labute approximate surface area is 219 Å². The second kappa shape index (κ2) is 9.58. The highest BCUT2D eigenvalue weighted by Crippen LogP contribution is 2.52. The standard InChI is InChI=1S/C26H31ClF2N4O2S/c1-17-20(13-33(31-17)24-19(3-2-8-30-24)15-34-14-18-4-5-18)12-32-9-6-25(7-10-32)23-21(11-22(27)36-23)26(28,29)16-35-25/h2-3,8,11,18,20H,4-7,9-10,12-16H2,1H3. The van der Waals surface area contributed by atoms with E-state index in [4.69, 9.17) is 26.2 Å². The molecule has 1 atom stereocenters. The summed E-state index contributed by atoms with van der Waals surface area (Å²) in [6, 6.07) is 5.44. The molecule has 1 unspecified atom stereocenters. The molecule has 0 radical (unpaired) electrons. The van der Waals surface area contributed by atoms with Crippen LogP contribution in [0.5, 0.6) is 0 Å². The van der Waals surface area contributed by atoms with Crippen LogP contribution in [0, 0.1) is 11.8 Å². The summed E-state index contributed by atoms with van der Waals surface area (Å²) in [6.07, 6.45) is 5.72. The molecule has 2 aromatic rings. The first kappa shape index (κ1) is 24.7. The lowest BCUT2D eigenvalue weighted by Gasteiger charge is -2.45. The van der Waals surface area contributed by atoms with Crippen molar-refractivity contribution < 1.29 is 18.3 Å². The van der Waals surface area contributed by atoms with E-state index in [1.807, 2.05) is 11.1 Å². The molecule has 1 aliphatic carbocycles. The van der Waals surface area contributed by atoms with Gasteiger partial charge in [-0.2, -0.15) is 13.9 Å². The van der Waals surface area contributed by atoms with Crippen molar-refractivity contribution in [2.75, 3.05) is 44.4 Å². The first-order valence-corrected chi connectivity index (χ1v) is 13.9. The number of ether oxygens (including phenoxy) is 2. The van der Waals surface area contributed by atoms with Crippen molar-refractivity contribution >= 4 is 34.5 Å². The number of fused-ring (bicyclic) bond motifs is 2. The summed E-state index contributed by atoms with van der Waals surface area (Å²) < 4.78 is 41.1. The molecule has 194 valence electrons. The van der Waals surface area contributed by atoms with Crippen LogP contribution in [-0.4, -0.2) is 55.0 Å². The molecule has 1 saturated heterocycles. The summed E-state index contributed by atoms with van der Waals surface area (Å²) in [4.78, 5) is 7.63. The van der Waals surface area contributed by atoms with Gasteiger partial charge in [0.05, 0.1) is 17.5 Å². The van der Waals surface area contributed by atoms with Crippen LogP contribution in [0.1, 0.15) is 48.6 Å². The first-order chi connectivity index (χ1) is 17.3. The van der Waals surface area contributed by atoms with Gasteiger partial charge in [0.2, 0.25) is 0 Å². The molecule has 2 aromatic heterocycles. The van der Waals surface area contributed by atoms with Gasteiger partial charge in [-0.15, -0.1) is 11.3 Å². The molecule has 36 heavy (non-hydrogen) atoms. The highest BCUT2D eigenvalue weighted by Gasteiger charge is 2.51. The van der Waals surface area contributed by atoms with Crippen molar-refractivity contribution in [1.29, 1.82) is 0 Å². The summed E-state index contributed by atoms with van der Waals surface area (Å²) in [6.45, 7) is 6.08. The van der Waals surface area contributed by atoms with Crippen LogP contribution in [0.2, 0.25) is 4.34 Å². The number of likely N-dealkylation sites (tertiary alicyclic amines) is 1. The Morgan fingerprint density at radius 1 is 1.28 bits per heavy atom. The topological polar surface area (TPSA) is 50.2 Å². The Kier molecular flexibility index (Phi) is 6.57. The Morgan fingerprint density at radius 2 is 2.08 bits per heavy atom. The second-order valence-corrected chi connectivity index (χ2v) is 12.2. The summed E-state index contributed by atoms with van der Waals surface area (Å²) in [5.74, 6) is -1.10. The van der Waals surface area contributed by atoms with Crippen molar-refractivity contribution in [3.05, 3.63) is 44.7 Å². The predicted octanol–water partition coefficient (Wildman–Crippen LogP) is 5.65. The van der Waals surface area contributed by atoms with Crippen molar-refractivity contribution in [3.8, 4) is 0 Å². The average molecular weight is 537 g/mol. The van der Waals surface area contributed by atoms with Crippen molar-refractivity contribution in [2.45, 2.75) is 50.7 Å². The molecule has 0 bridgehead atoms. The number of rotatable bonds is 7. The lowest BCUT2D eigenvalue weighted by molar-refractivity contribution is -0.181. The van der Waals surface area contributed by atoms with E-state index in [9.17, 15) is 8.78 Å². The lowest BCUT2D eigenvalue weighted by atomic mass is 9.84. The highest BCUT2D eigenvalue weighted by molar-refractivity contribution is 7.16. The number of hydrazone groups is 1. The maximum atomic E-state index is 14.4. The molecule has 5 heterocycles. The van der Waals surface area contributed by atoms with Crippen molar-refractivity contribution in [2.24, 2.45) is 16.9 Å². The third-order valence-corrected chi connectivity index (χ3v) is 9.31. The molecule has 4 aliphatic rings. The number of hydrogen-bond donors (Lipinski definition) is 0. The number of aromatic nitrogens is 1. The van der Waals surface area contributed by atoms with E-state index >= 15 is 0 Å². The van der Waals surface area contributed by atoms with Gasteiger partial charge in [-0.3, -0.25) is 0 Å². The Hall–Kier alpha value is -1.65. The van der Waals surface area contributed by atoms with E-state index in [1.54, 1.807) is 6.20 Å². The lowest BCUT2D eigenvalue weighted by Crippen LogP contribution is -2.50. The number of halogens is 3. The quantitative estimate of drug-likeness (QED) is 0.458. The van der Waals surface area contributed by atoms with Gasteiger partial charge in [-0.25, -0.2) is 9.99 Å². The Morgan fingerprint density at radius 3 is 2.86 bits per heavy atom. The van der Waals surface area contributed by atoms with Gasteiger partial charge >= 0.3 is 0 Å². The molecule has 2 fully saturated rings. The molecule has 1 spiro atoms. The molecule has 0 N–H and O–H groups in total. The number of piperidine rings is 1. The van der Waals surface area contributed by atoms with E-state index in [0.717, 1.165) is 55.8 Å². The van der Waals surface area contributed by atoms with Gasteiger partial charge in [0.1, 0.15) is 12.2 Å². The van der Waals surface area contributed by atoms with Crippen molar-refractivity contribution in [1.82, 2.24) is 9.88 Å². The normalized spacial score (nSPS) is 25.3. The number of alkyl halides is 2. The molecule has 3 aliphatic heterocycles. The number of thiophene rings is 1. The fourth-order valence-electron chi connectivity index (χ4n) is 5.50. The molecule has 6 nitrogen and oxygen atoms in total. The predicted molar refractivity (Wildman–Crippen MR) is 137 cm³/mol. The third kappa shape index (κ3) is 4.80. The van der Waals surface area contributed by atoms with Crippen LogP contribution in [0.4, 0.5) is 14.6 Å². The minimum absolute atomic E-state index is 0.0545. The Bertz CT molecular complexity index is 1150. The minimum Gasteiger partial charge on any atom is -0.376 e. The SMILES string of the molecule is CC1=NN(c2ncccc2COCC2CC2)CC1CN1CCC2(CC1)OCC(F)(F)c1cc(Cl)sc12. The minimum atomic E-state index is -2.98. The van der Waals surface area contributed by atoms with E-state index < -0.39 is 18.1 Å². The van der Waals surface area contributed by atoms with Crippen LogP contribution < -0.4 is 5.01 Å². The van der Waals surface area contributed by atoms with E-state index in [1.165, 1.54) is 30.2 Å². The van der Waals surface area contributed by atoms with E-state index in [2.05, 4.69) is 22.9 Å². The zero-order chi connectivity index (χ0) is 24.9. The molecule has 0 aromatic carbocycles. The first-order valence-electron chi connectivity index (χ1n) is 12.7. The van der Waals surface area contributed by atoms with Gasteiger partial charge in [0, 0.05) is 60.1 Å². The number of nitrogens with zero attached hydrogens (tertiary/aromatic N) is 4. The van der Waals surface area contributed by atoms with Gasteiger partial charge in [0.25, 0.3) is 5.92 Å². The number of hydrogen-bond acceptors (Lipinski definition) is 7. The second-order valence-electron chi connectivity index (χ2n) is 10.5. The molecular formula is C26H31ClF2N4O2S. The van der Waals surface area contributed by atoms with Gasteiger partial charge in [-0.05, 0) is 50.7 Å². The summed E-state index contributed by atoms with van der Waals surface area (Å²) >= 11 is 7.39. The maximum Gasteiger partial charge on any atom is 0.297 e. The average Bonchev–Trinajstić information content (AvgIpc) is 3.48. The van der Waals surface area contributed by atoms with E-state index in [0.29, 0.717) is 28.7 Å². The monoisotopic (exact) mass is 536 g/mol. The van der Waals surface area contributed by atoms with Crippen LogP contribution in [0.25, 0.3) is 0 Å². The fourth-order valence-corrected chi connectivity index (χ4v) is 6.98. The smallest absolute Gasteiger partial charge is 0.297 e. The summed E-state index contributed by atoms with van der Waals surface area (Å²) in [5.41, 5.74) is 1.55. The zero-order valence-electron chi connectivity index (χ0n) is 20.4. The molecular weight excluding hydrogens is 506 g/mol. The van der Waals surface area contributed by atoms with Gasteiger partial charge in [-0.1, -0.05) is 17.7 Å². The molecule has 6 rings (SSSR count). The summed E-state index contributed by atoms with van der Waals surface area (Å²) in [7, 11) is 0. The van der Waals surface area contributed by atoms with E-state index in [-0.39, 0.29) is 11.5 Å².